The number of aliphatic imine (C=N–C) groups is 1. The van der Waals surface area contributed by atoms with Gasteiger partial charge in [0.05, 0.1) is 11.4 Å². The molecule has 10 nitrogen and oxygen atoms in total. The Morgan fingerprint density at radius 3 is 2.78 bits per heavy atom. The molecule has 1 atom stereocenters. The van der Waals surface area contributed by atoms with Gasteiger partial charge < -0.3 is 10.3 Å². The van der Waals surface area contributed by atoms with Crippen molar-refractivity contribution in [3.8, 4) is 0 Å². The summed E-state index contributed by atoms with van der Waals surface area (Å²) < 4.78 is 2.40. The number of rotatable bonds is 10. The van der Waals surface area contributed by atoms with Crippen molar-refractivity contribution in [3.05, 3.63) is 69.0 Å². The summed E-state index contributed by atoms with van der Waals surface area (Å²) >= 11 is 0. The summed E-state index contributed by atoms with van der Waals surface area (Å²) in [7, 11) is 3.02. The molecule has 3 aromatic rings. The number of imidazole rings is 1. The molecule has 0 aliphatic carbocycles. The van der Waals surface area contributed by atoms with Crippen LogP contribution in [0.1, 0.15) is 57.0 Å². The molecule has 190 valence electrons. The predicted octanol–water partition coefficient (Wildman–Crippen LogP) is 2.38. The second kappa shape index (κ2) is 10.8. The van der Waals surface area contributed by atoms with E-state index in [0.717, 1.165) is 41.7 Å². The Labute approximate surface area is 209 Å². The van der Waals surface area contributed by atoms with E-state index in [1.54, 1.807) is 13.2 Å². The summed E-state index contributed by atoms with van der Waals surface area (Å²) in [6, 6.07) is 5.88. The van der Waals surface area contributed by atoms with Crippen LogP contribution in [0.15, 0.2) is 51.3 Å². The molecular weight excluding hydrogens is 458 g/mol. The zero-order valence-electron chi connectivity index (χ0n) is 21.1. The van der Waals surface area contributed by atoms with E-state index in [1.807, 2.05) is 24.4 Å². The van der Waals surface area contributed by atoms with E-state index in [4.69, 9.17) is 0 Å². The molecule has 0 saturated carbocycles. The van der Waals surface area contributed by atoms with Gasteiger partial charge in [0.25, 0.3) is 5.56 Å². The van der Waals surface area contributed by atoms with Crippen LogP contribution in [0.25, 0.3) is 11.2 Å². The number of nitrogens with one attached hydrogen (secondary N) is 2. The summed E-state index contributed by atoms with van der Waals surface area (Å²) in [5, 5.41) is 2.99. The maximum atomic E-state index is 12.3. The number of aromatic amines is 1. The number of allylic oxidation sites excluding steroid dienone is 1. The van der Waals surface area contributed by atoms with Crippen molar-refractivity contribution in [1.82, 2.24) is 29.4 Å². The third-order valence-electron chi connectivity index (χ3n) is 6.70. The van der Waals surface area contributed by atoms with E-state index < -0.39 is 11.2 Å². The number of hydrogen-bond acceptors (Lipinski definition) is 6. The molecule has 0 radical (unpaired) electrons. The van der Waals surface area contributed by atoms with E-state index in [0.29, 0.717) is 42.8 Å². The molecule has 10 heteroatoms. The minimum Gasteiger partial charge on any atom is -0.356 e. The molecule has 0 saturated heterocycles. The summed E-state index contributed by atoms with van der Waals surface area (Å²) in [5.41, 5.74) is 1.80. The topological polar surface area (TPSA) is 127 Å². The van der Waals surface area contributed by atoms with Crippen LogP contribution >= 0.6 is 0 Å². The van der Waals surface area contributed by atoms with Crippen LogP contribution in [0.5, 0.6) is 0 Å². The second-order valence-corrected chi connectivity index (χ2v) is 9.69. The number of fused-ring (bicyclic) bond motifs is 1. The molecule has 0 aromatic carbocycles. The first-order valence-electron chi connectivity index (χ1n) is 12.3. The number of aromatic nitrogens is 5. The van der Waals surface area contributed by atoms with Crippen molar-refractivity contribution in [3.63, 3.8) is 0 Å². The van der Waals surface area contributed by atoms with Gasteiger partial charge >= 0.3 is 5.69 Å². The van der Waals surface area contributed by atoms with Gasteiger partial charge in [-0.2, -0.15) is 0 Å². The summed E-state index contributed by atoms with van der Waals surface area (Å²) in [6.45, 7) is 2.88. The van der Waals surface area contributed by atoms with Crippen LogP contribution in [-0.2, 0) is 25.3 Å². The van der Waals surface area contributed by atoms with Gasteiger partial charge in [-0.3, -0.25) is 28.7 Å². The first-order chi connectivity index (χ1) is 17.3. The van der Waals surface area contributed by atoms with E-state index in [-0.39, 0.29) is 11.3 Å². The van der Waals surface area contributed by atoms with Crippen LogP contribution in [-0.4, -0.2) is 42.2 Å². The molecule has 1 unspecified atom stereocenters. The van der Waals surface area contributed by atoms with E-state index in [1.165, 1.54) is 11.6 Å². The molecule has 4 rings (SSSR count). The van der Waals surface area contributed by atoms with Crippen LogP contribution in [0.4, 0.5) is 0 Å². The number of carbonyl (C=O) groups is 1. The minimum absolute atomic E-state index is 0.00257. The Kier molecular flexibility index (Phi) is 7.61. The number of unbranched alkanes of at least 4 members (excludes halogenated alkanes) is 1. The molecule has 1 aliphatic rings. The number of amides is 1. The average Bonchev–Trinajstić information content (AvgIpc) is 3.31. The third-order valence-corrected chi connectivity index (χ3v) is 6.70. The number of pyridine rings is 1. The lowest BCUT2D eigenvalue weighted by atomic mass is 9.78. The highest BCUT2D eigenvalue weighted by Gasteiger charge is 2.26. The van der Waals surface area contributed by atoms with E-state index in [2.05, 4.69) is 38.3 Å². The van der Waals surface area contributed by atoms with Gasteiger partial charge in [-0.1, -0.05) is 25.5 Å². The number of nitrogens with zero attached hydrogens (tertiary/aromatic N) is 5. The highest BCUT2D eigenvalue weighted by Crippen LogP contribution is 2.34. The molecule has 3 aromatic heterocycles. The van der Waals surface area contributed by atoms with Gasteiger partial charge in [0, 0.05) is 52.3 Å². The Morgan fingerprint density at radius 1 is 1.17 bits per heavy atom. The highest BCUT2D eigenvalue weighted by molar-refractivity contribution is 6.00. The van der Waals surface area contributed by atoms with Crippen LogP contribution in [0.3, 0.4) is 0 Å². The lowest BCUT2D eigenvalue weighted by molar-refractivity contribution is -0.121. The van der Waals surface area contributed by atoms with Crippen molar-refractivity contribution in [2.24, 2.45) is 24.5 Å². The SMILES string of the molecule is Cn1c(=O)c2[nH]c(CCCC(=O)NCCCCC3(C)C=CN=C(c4ccccn4)C3)nc2n(C)c1=O. The molecule has 36 heavy (non-hydrogen) atoms. The molecule has 1 aliphatic heterocycles. The fourth-order valence-corrected chi connectivity index (χ4v) is 4.53. The molecule has 0 fully saturated rings. The maximum Gasteiger partial charge on any atom is 0.332 e. The Morgan fingerprint density at radius 2 is 2.00 bits per heavy atom. The normalized spacial score (nSPS) is 17.4. The second-order valence-electron chi connectivity index (χ2n) is 9.69. The molecule has 4 heterocycles. The zero-order valence-corrected chi connectivity index (χ0v) is 21.1. The van der Waals surface area contributed by atoms with E-state index >= 15 is 0 Å². The molecule has 0 spiro atoms. The fourth-order valence-electron chi connectivity index (χ4n) is 4.53. The number of carbonyl (C=O) groups excluding carboxylic acids is 1. The lowest BCUT2D eigenvalue weighted by Crippen LogP contribution is -2.36. The van der Waals surface area contributed by atoms with Crippen molar-refractivity contribution in [1.29, 1.82) is 0 Å². The average molecular weight is 492 g/mol. The molecule has 0 bridgehead atoms. The molecule has 1 amide bonds. The quantitative estimate of drug-likeness (QED) is 0.421. The van der Waals surface area contributed by atoms with E-state index in [9.17, 15) is 14.4 Å². The van der Waals surface area contributed by atoms with Crippen molar-refractivity contribution < 1.29 is 4.79 Å². The van der Waals surface area contributed by atoms with Crippen molar-refractivity contribution >= 4 is 22.8 Å². The largest absolute Gasteiger partial charge is 0.356 e. The highest BCUT2D eigenvalue weighted by atomic mass is 16.2. The summed E-state index contributed by atoms with van der Waals surface area (Å²) in [6.07, 6.45) is 11.1. The monoisotopic (exact) mass is 491 g/mol. The predicted molar refractivity (Wildman–Crippen MR) is 139 cm³/mol. The van der Waals surface area contributed by atoms with Crippen LogP contribution in [0.2, 0.25) is 0 Å². The smallest absolute Gasteiger partial charge is 0.332 e. The number of aryl methyl sites for hydroxylation is 2. The zero-order chi connectivity index (χ0) is 25.7. The first-order valence-corrected chi connectivity index (χ1v) is 12.3. The third kappa shape index (κ3) is 5.69. The van der Waals surface area contributed by atoms with Crippen molar-refractivity contribution in [2.75, 3.05) is 6.54 Å². The fraction of sp³-hybridized carbons (Fsp3) is 0.462. The summed E-state index contributed by atoms with van der Waals surface area (Å²) in [5.74, 6) is 0.598. The van der Waals surface area contributed by atoms with Crippen molar-refractivity contribution in [2.45, 2.75) is 51.9 Å². The van der Waals surface area contributed by atoms with Gasteiger partial charge in [-0.25, -0.2) is 9.78 Å². The maximum absolute atomic E-state index is 12.3. The lowest BCUT2D eigenvalue weighted by Gasteiger charge is -2.28. The number of hydrogen-bond donors (Lipinski definition) is 2. The first kappa shape index (κ1) is 25.3. The van der Waals surface area contributed by atoms with Gasteiger partial charge in [0.1, 0.15) is 11.3 Å². The van der Waals surface area contributed by atoms with Gasteiger partial charge in [-0.05, 0) is 36.8 Å². The van der Waals surface area contributed by atoms with Crippen LogP contribution in [0, 0.1) is 5.41 Å². The standard InChI is InChI=1S/C26H33N7O3/c1-26(13-16-28-19(17-26)18-9-4-6-14-27-18)12-5-7-15-29-21(34)11-8-10-20-30-22-23(31-20)32(2)25(36)33(3)24(22)35/h4,6,9,13-14,16H,5,7-8,10-12,15,17H2,1-3H3,(H,29,34)(H,30,31). The van der Waals surface area contributed by atoms with Gasteiger partial charge in [-0.15, -0.1) is 0 Å². The Bertz CT molecular complexity index is 1420. The Balaban J connectivity index is 1.17. The molecule has 2 N–H and O–H groups in total. The van der Waals surface area contributed by atoms with Gasteiger partial charge in [0.15, 0.2) is 5.65 Å². The minimum atomic E-state index is -0.416. The van der Waals surface area contributed by atoms with Gasteiger partial charge in [0.2, 0.25) is 5.91 Å². The number of H-pyrrole nitrogens is 1. The van der Waals surface area contributed by atoms with Crippen LogP contribution < -0.4 is 16.6 Å². The Hall–Kier alpha value is -3.82. The summed E-state index contributed by atoms with van der Waals surface area (Å²) in [4.78, 5) is 52.9. The molecular formula is C26H33N7O3.